The van der Waals surface area contributed by atoms with Crippen LogP contribution in [0.2, 0.25) is 0 Å². The normalized spacial score (nSPS) is 10.7. The molecule has 2 aromatic carbocycles. The van der Waals surface area contributed by atoms with Crippen molar-refractivity contribution in [2.75, 3.05) is 39.3 Å². The first-order chi connectivity index (χ1) is 15.6. The zero-order valence-electron chi connectivity index (χ0n) is 18.9. The molecule has 170 valence electrons. The van der Waals surface area contributed by atoms with Crippen molar-refractivity contribution in [3.05, 3.63) is 53.7 Å². The minimum atomic E-state index is -0.521. The van der Waals surface area contributed by atoms with Gasteiger partial charge in [0, 0.05) is 24.5 Å². The van der Waals surface area contributed by atoms with Crippen molar-refractivity contribution in [2.45, 2.75) is 20.3 Å². The number of carbonyl (C=O) groups excluding carboxylic acids is 1. The Balaban J connectivity index is 1.96. The van der Waals surface area contributed by atoms with E-state index in [2.05, 4.69) is 10.6 Å². The van der Waals surface area contributed by atoms with Crippen LogP contribution in [0.3, 0.4) is 0 Å². The van der Waals surface area contributed by atoms with Gasteiger partial charge >= 0.3 is 0 Å². The Labute approximate surface area is 188 Å². The zero-order valence-corrected chi connectivity index (χ0v) is 18.9. The molecule has 0 spiro atoms. The van der Waals surface area contributed by atoms with Crippen molar-refractivity contribution in [1.82, 2.24) is 5.32 Å². The zero-order chi connectivity index (χ0) is 23.3. The molecule has 2 aromatic rings. The maximum atomic E-state index is 12.4. The summed E-state index contributed by atoms with van der Waals surface area (Å²) in [4.78, 5) is 12.4. The molecular formula is C24H29N3O5. The average Bonchev–Trinajstić information content (AvgIpc) is 2.80. The lowest BCUT2D eigenvalue weighted by molar-refractivity contribution is -0.112. The lowest BCUT2D eigenvalue weighted by atomic mass is 10.1. The molecule has 0 aliphatic rings. The van der Waals surface area contributed by atoms with E-state index >= 15 is 0 Å². The Hall–Kier alpha value is -3.86. The third kappa shape index (κ3) is 6.84. The third-order valence-electron chi connectivity index (χ3n) is 4.42. The van der Waals surface area contributed by atoms with Gasteiger partial charge in [-0.05, 0) is 50.1 Å². The van der Waals surface area contributed by atoms with Crippen LogP contribution in [0.25, 0.3) is 0 Å². The van der Waals surface area contributed by atoms with Gasteiger partial charge in [-0.3, -0.25) is 4.79 Å². The number of amides is 1. The number of anilines is 1. The van der Waals surface area contributed by atoms with E-state index in [4.69, 9.17) is 18.9 Å². The van der Waals surface area contributed by atoms with Crippen molar-refractivity contribution in [1.29, 1.82) is 5.26 Å². The van der Waals surface area contributed by atoms with Crippen LogP contribution in [0.1, 0.15) is 19.4 Å². The standard InChI is InChI=1S/C24H29N3O5/c1-5-31-21-9-7-17(13-23(21)32-6-2)11-12-26-16-18(15-25)24(28)27-19-8-10-20(29-3)22(14-19)30-4/h7-10,13-14,16,26H,5-6,11-12H2,1-4H3,(H,27,28)/b18-16-. The number of nitrogens with zero attached hydrogens (tertiary/aromatic N) is 1. The summed E-state index contributed by atoms with van der Waals surface area (Å²) in [5.41, 5.74) is 1.50. The molecule has 0 aliphatic heterocycles. The van der Waals surface area contributed by atoms with Crippen LogP contribution in [0, 0.1) is 11.3 Å². The lowest BCUT2D eigenvalue weighted by Crippen LogP contribution is -2.18. The fourth-order valence-corrected chi connectivity index (χ4v) is 2.90. The molecule has 0 saturated heterocycles. The topological polar surface area (TPSA) is 102 Å². The maximum Gasteiger partial charge on any atom is 0.267 e. The predicted molar refractivity (Wildman–Crippen MR) is 122 cm³/mol. The van der Waals surface area contributed by atoms with Crippen molar-refractivity contribution in [3.8, 4) is 29.1 Å². The van der Waals surface area contributed by atoms with Gasteiger partial charge in [0.25, 0.3) is 5.91 Å². The van der Waals surface area contributed by atoms with Gasteiger partial charge in [0.05, 0.1) is 27.4 Å². The quantitative estimate of drug-likeness (QED) is 0.295. The molecule has 0 unspecified atom stereocenters. The van der Waals surface area contributed by atoms with Crippen molar-refractivity contribution in [3.63, 3.8) is 0 Å². The van der Waals surface area contributed by atoms with Crippen LogP contribution in [0.15, 0.2) is 48.2 Å². The van der Waals surface area contributed by atoms with E-state index < -0.39 is 5.91 Å². The van der Waals surface area contributed by atoms with E-state index in [0.717, 1.165) is 5.56 Å². The second kappa shape index (κ2) is 12.7. The molecule has 0 fully saturated rings. The molecule has 8 nitrogen and oxygen atoms in total. The van der Waals surface area contributed by atoms with Gasteiger partial charge in [-0.2, -0.15) is 5.26 Å². The van der Waals surface area contributed by atoms with E-state index in [9.17, 15) is 10.1 Å². The molecule has 1 amide bonds. The largest absolute Gasteiger partial charge is 0.493 e. The van der Waals surface area contributed by atoms with Crippen LogP contribution in [-0.4, -0.2) is 39.9 Å². The lowest BCUT2D eigenvalue weighted by Gasteiger charge is -2.12. The number of hydrogen-bond acceptors (Lipinski definition) is 7. The Bertz CT molecular complexity index is 982. The van der Waals surface area contributed by atoms with Gasteiger partial charge in [-0.15, -0.1) is 0 Å². The summed E-state index contributed by atoms with van der Waals surface area (Å²) in [6.45, 7) is 5.49. The molecule has 0 aromatic heterocycles. The van der Waals surface area contributed by atoms with E-state index in [1.54, 1.807) is 18.2 Å². The monoisotopic (exact) mass is 439 g/mol. The first kappa shape index (κ1) is 24.4. The summed E-state index contributed by atoms with van der Waals surface area (Å²) in [6.07, 6.45) is 2.09. The van der Waals surface area contributed by atoms with Crippen molar-refractivity contribution >= 4 is 11.6 Å². The molecule has 0 aliphatic carbocycles. The smallest absolute Gasteiger partial charge is 0.267 e. The molecule has 8 heteroatoms. The highest BCUT2D eigenvalue weighted by molar-refractivity contribution is 6.06. The summed E-state index contributed by atoms with van der Waals surface area (Å²) in [6, 6.07) is 12.7. The summed E-state index contributed by atoms with van der Waals surface area (Å²) in [5.74, 6) is 1.92. The van der Waals surface area contributed by atoms with E-state index in [1.807, 2.05) is 38.1 Å². The minimum absolute atomic E-state index is 0.0403. The molecule has 0 atom stereocenters. The number of methoxy groups -OCH3 is 2. The Morgan fingerprint density at radius 3 is 2.31 bits per heavy atom. The average molecular weight is 440 g/mol. The number of carbonyl (C=O) groups is 1. The number of ether oxygens (including phenoxy) is 4. The van der Waals surface area contributed by atoms with Crippen LogP contribution >= 0.6 is 0 Å². The highest BCUT2D eigenvalue weighted by atomic mass is 16.5. The molecule has 2 rings (SSSR count). The van der Waals surface area contributed by atoms with Crippen LogP contribution < -0.4 is 29.6 Å². The van der Waals surface area contributed by atoms with E-state index in [-0.39, 0.29) is 5.57 Å². The van der Waals surface area contributed by atoms with Gasteiger partial charge < -0.3 is 29.6 Å². The fraction of sp³-hybridized carbons (Fsp3) is 0.333. The van der Waals surface area contributed by atoms with E-state index in [1.165, 1.54) is 20.4 Å². The Kier molecular flexibility index (Phi) is 9.72. The molecule has 0 radical (unpaired) electrons. The molecule has 0 heterocycles. The van der Waals surface area contributed by atoms with Crippen LogP contribution in [0.4, 0.5) is 5.69 Å². The minimum Gasteiger partial charge on any atom is -0.493 e. The van der Waals surface area contributed by atoms with Gasteiger partial charge in [0.15, 0.2) is 23.0 Å². The Morgan fingerprint density at radius 1 is 0.969 bits per heavy atom. The van der Waals surface area contributed by atoms with Gasteiger partial charge in [0.2, 0.25) is 0 Å². The molecule has 0 bridgehead atoms. The summed E-state index contributed by atoms with van der Waals surface area (Å²) >= 11 is 0. The number of nitriles is 1. The maximum absolute atomic E-state index is 12.4. The van der Waals surface area contributed by atoms with E-state index in [0.29, 0.717) is 54.9 Å². The third-order valence-corrected chi connectivity index (χ3v) is 4.42. The molecule has 32 heavy (non-hydrogen) atoms. The number of hydrogen-bond donors (Lipinski definition) is 2. The fourth-order valence-electron chi connectivity index (χ4n) is 2.90. The second-order valence-corrected chi connectivity index (χ2v) is 6.54. The molecular weight excluding hydrogens is 410 g/mol. The van der Waals surface area contributed by atoms with Gasteiger partial charge in [-0.1, -0.05) is 6.07 Å². The Morgan fingerprint density at radius 2 is 1.66 bits per heavy atom. The van der Waals surface area contributed by atoms with Gasteiger partial charge in [0.1, 0.15) is 11.6 Å². The molecule has 2 N–H and O–H groups in total. The number of nitrogens with one attached hydrogen (secondary N) is 2. The highest BCUT2D eigenvalue weighted by Crippen LogP contribution is 2.30. The second-order valence-electron chi connectivity index (χ2n) is 6.54. The first-order valence-corrected chi connectivity index (χ1v) is 10.3. The SMILES string of the molecule is CCOc1ccc(CCN/C=C(/C#N)C(=O)Nc2ccc(OC)c(OC)c2)cc1OCC. The number of rotatable bonds is 12. The van der Waals surface area contributed by atoms with Crippen LogP contribution in [-0.2, 0) is 11.2 Å². The predicted octanol–water partition coefficient (Wildman–Crippen LogP) is 3.68. The summed E-state index contributed by atoms with van der Waals surface area (Å²) in [7, 11) is 3.04. The number of benzene rings is 2. The summed E-state index contributed by atoms with van der Waals surface area (Å²) < 4.78 is 21.6. The summed E-state index contributed by atoms with van der Waals surface area (Å²) in [5, 5.41) is 15.1. The van der Waals surface area contributed by atoms with Gasteiger partial charge in [-0.25, -0.2) is 0 Å². The van der Waals surface area contributed by atoms with Crippen molar-refractivity contribution in [2.24, 2.45) is 0 Å². The van der Waals surface area contributed by atoms with Crippen molar-refractivity contribution < 1.29 is 23.7 Å². The van der Waals surface area contributed by atoms with Crippen LogP contribution in [0.5, 0.6) is 23.0 Å². The molecule has 0 saturated carbocycles. The highest BCUT2D eigenvalue weighted by Gasteiger charge is 2.12. The first-order valence-electron chi connectivity index (χ1n) is 10.3.